The van der Waals surface area contributed by atoms with Crippen LogP contribution in [-0.2, 0) is 19.7 Å². The first-order valence-corrected chi connectivity index (χ1v) is 8.51. The Morgan fingerprint density at radius 1 is 1.00 bits per heavy atom. The minimum absolute atomic E-state index is 0.445. The number of methoxy groups -OCH3 is 1. The maximum Gasteiger partial charge on any atom is 0.325 e. The fraction of sp³-hybridized carbons (Fsp3) is 0.250. The number of ether oxygens (including phenoxy) is 2. The number of urea groups is 1. The number of carbonyl (C=O) groups excluding carboxylic acids is 3. The molecule has 3 amide bonds. The monoisotopic (exact) mass is 368 g/mol. The fourth-order valence-corrected chi connectivity index (χ4v) is 2.76. The standard InChI is InChI=1S/C20H20N2O5/c1-26-16-9-7-15(8-10-16)21-19(25)22-17(23)13-27-18(24)20(11-12-20)14-5-3-2-4-6-14/h2-10H,11-13H2,1H3,(H2,21,22,23,25). The van der Waals surface area contributed by atoms with E-state index in [1.807, 2.05) is 30.3 Å². The number of nitrogens with one attached hydrogen (secondary N) is 2. The van der Waals surface area contributed by atoms with E-state index in [0.29, 0.717) is 24.3 Å². The Kier molecular flexibility index (Phi) is 5.40. The van der Waals surface area contributed by atoms with Crippen molar-refractivity contribution in [1.29, 1.82) is 0 Å². The van der Waals surface area contributed by atoms with Crippen LogP contribution >= 0.6 is 0 Å². The van der Waals surface area contributed by atoms with E-state index in [9.17, 15) is 14.4 Å². The zero-order valence-electron chi connectivity index (χ0n) is 14.9. The van der Waals surface area contributed by atoms with Crippen molar-refractivity contribution in [2.24, 2.45) is 0 Å². The Balaban J connectivity index is 1.46. The Bertz CT molecular complexity index is 829. The van der Waals surface area contributed by atoms with E-state index >= 15 is 0 Å². The third-order valence-electron chi connectivity index (χ3n) is 4.40. The van der Waals surface area contributed by atoms with Gasteiger partial charge in [-0.25, -0.2) is 4.79 Å². The number of rotatable bonds is 6. The topological polar surface area (TPSA) is 93.7 Å². The summed E-state index contributed by atoms with van der Waals surface area (Å²) in [6, 6.07) is 15.3. The lowest BCUT2D eigenvalue weighted by Gasteiger charge is -2.14. The lowest BCUT2D eigenvalue weighted by Crippen LogP contribution is -2.38. The molecule has 3 rings (SSSR count). The molecule has 1 aliphatic carbocycles. The summed E-state index contributed by atoms with van der Waals surface area (Å²) >= 11 is 0. The second-order valence-electron chi connectivity index (χ2n) is 6.26. The molecule has 0 saturated heterocycles. The van der Waals surface area contributed by atoms with Crippen LogP contribution in [0.4, 0.5) is 10.5 Å². The highest BCUT2D eigenvalue weighted by Gasteiger charge is 2.52. The summed E-state index contributed by atoms with van der Waals surface area (Å²) in [4.78, 5) is 36.1. The molecule has 7 nitrogen and oxygen atoms in total. The van der Waals surface area contributed by atoms with Crippen molar-refractivity contribution in [2.45, 2.75) is 18.3 Å². The highest BCUT2D eigenvalue weighted by atomic mass is 16.5. The van der Waals surface area contributed by atoms with Crippen molar-refractivity contribution in [1.82, 2.24) is 5.32 Å². The van der Waals surface area contributed by atoms with Crippen molar-refractivity contribution in [3.05, 3.63) is 60.2 Å². The van der Waals surface area contributed by atoms with Gasteiger partial charge < -0.3 is 14.8 Å². The molecule has 0 atom stereocenters. The van der Waals surface area contributed by atoms with Crippen LogP contribution in [0, 0.1) is 0 Å². The van der Waals surface area contributed by atoms with Gasteiger partial charge in [-0.3, -0.25) is 14.9 Å². The maximum absolute atomic E-state index is 12.4. The molecule has 2 aromatic carbocycles. The quantitative estimate of drug-likeness (QED) is 0.765. The van der Waals surface area contributed by atoms with Gasteiger partial charge in [0.15, 0.2) is 6.61 Å². The molecule has 2 aromatic rings. The predicted molar refractivity (Wildman–Crippen MR) is 98.5 cm³/mol. The fourth-order valence-electron chi connectivity index (χ4n) is 2.76. The number of anilines is 1. The molecule has 2 N–H and O–H groups in total. The first-order chi connectivity index (χ1) is 13.0. The van der Waals surface area contributed by atoms with Crippen molar-refractivity contribution < 1.29 is 23.9 Å². The largest absolute Gasteiger partial charge is 0.497 e. The van der Waals surface area contributed by atoms with Crippen LogP contribution in [0.3, 0.4) is 0 Å². The molecule has 0 spiro atoms. The van der Waals surface area contributed by atoms with E-state index in [0.717, 1.165) is 5.56 Å². The van der Waals surface area contributed by atoms with Gasteiger partial charge in [0.2, 0.25) is 0 Å². The molecule has 1 saturated carbocycles. The van der Waals surface area contributed by atoms with E-state index in [1.165, 1.54) is 0 Å². The van der Waals surface area contributed by atoms with Crippen LogP contribution in [0.2, 0.25) is 0 Å². The number of carbonyl (C=O) groups is 3. The SMILES string of the molecule is COc1ccc(NC(=O)NC(=O)COC(=O)C2(c3ccccc3)CC2)cc1. The van der Waals surface area contributed by atoms with Crippen molar-refractivity contribution in [3.63, 3.8) is 0 Å². The van der Waals surface area contributed by atoms with Crippen molar-refractivity contribution in [2.75, 3.05) is 19.0 Å². The molecule has 1 fully saturated rings. The van der Waals surface area contributed by atoms with Gasteiger partial charge >= 0.3 is 12.0 Å². The predicted octanol–water partition coefficient (Wildman–Crippen LogP) is 2.62. The molecule has 27 heavy (non-hydrogen) atoms. The van der Waals surface area contributed by atoms with Gasteiger partial charge in [-0.15, -0.1) is 0 Å². The molecule has 7 heteroatoms. The summed E-state index contributed by atoms with van der Waals surface area (Å²) < 4.78 is 10.1. The highest BCUT2D eigenvalue weighted by molar-refractivity contribution is 6.02. The minimum Gasteiger partial charge on any atom is -0.497 e. The molecule has 1 aliphatic rings. The van der Waals surface area contributed by atoms with E-state index in [-0.39, 0.29) is 0 Å². The van der Waals surface area contributed by atoms with E-state index in [2.05, 4.69) is 10.6 Å². The summed E-state index contributed by atoms with van der Waals surface area (Å²) in [5.74, 6) is -0.492. The first kappa shape index (κ1) is 18.4. The number of hydrogen-bond acceptors (Lipinski definition) is 5. The van der Waals surface area contributed by atoms with Gasteiger partial charge in [-0.1, -0.05) is 30.3 Å². The Labute approximate surface area is 156 Å². The number of amides is 3. The molecule has 0 radical (unpaired) electrons. The summed E-state index contributed by atoms with van der Waals surface area (Å²) in [5, 5.41) is 4.64. The lowest BCUT2D eigenvalue weighted by atomic mass is 9.96. The van der Waals surface area contributed by atoms with E-state index < -0.39 is 29.9 Å². The third kappa shape index (κ3) is 4.44. The van der Waals surface area contributed by atoms with E-state index in [1.54, 1.807) is 31.4 Å². The van der Waals surface area contributed by atoms with Crippen LogP contribution in [0.5, 0.6) is 5.75 Å². The molecular formula is C20H20N2O5. The number of imide groups is 1. The van der Waals surface area contributed by atoms with Crippen LogP contribution in [-0.4, -0.2) is 31.6 Å². The van der Waals surface area contributed by atoms with Gasteiger partial charge in [0, 0.05) is 5.69 Å². The van der Waals surface area contributed by atoms with Crippen molar-refractivity contribution in [3.8, 4) is 5.75 Å². The summed E-state index contributed by atoms with van der Waals surface area (Å²) in [7, 11) is 1.54. The zero-order chi connectivity index (χ0) is 19.3. The molecule has 140 valence electrons. The summed E-state index contributed by atoms with van der Waals surface area (Å²) in [6.45, 7) is -0.510. The zero-order valence-corrected chi connectivity index (χ0v) is 14.9. The Morgan fingerprint density at radius 2 is 1.67 bits per heavy atom. The van der Waals surface area contributed by atoms with Crippen LogP contribution < -0.4 is 15.4 Å². The Hall–Kier alpha value is -3.35. The normalized spacial score (nSPS) is 14.0. The van der Waals surface area contributed by atoms with Crippen LogP contribution in [0.15, 0.2) is 54.6 Å². The second-order valence-corrected chi connectivity index (χ2v) is 6.26. The van der Waals surface area contributed by atoms with Crippen LogP contribution in [0.1, 0.15) is 18.4 Å². The molecule has 0 unspecified atom stereocenters. The third-order valence-corrected chi connectivity index (χ3v) is 4.40. The molecule has 0 aromatic heterocycles. The van der Waals surface area contributed by atoms with Gasteiger partial charge in [-0.2, -0.15) is 0 Å². The summed E-state index contributed by atoms with van der Waals surface area (Å²) in [5.41, 5.74) is 0.721. The molecule has 0 bridgehead atoms. The van der Waals surface area contributed by atoms with Crippen LogP contribution in [0.25, 0.3) is 0 Å². The molecule has 0 heterocycles. The summed E-state index contributed by atoms with van der Waals surface area (Å²) in [6.07, 6.45) is 1.38. The molecular weight excluding hydrogens is 348 g/mol. The van der Waals surface area contributed by atoms with Crippen molar-refractivity contribution >= 4 is 23.6 Å². The lowest BCUT2D eigenvalue weighted by molar-refractivity contribution is -0.150. The van der Waals surface area contributed by atoms with Gasteiger partial charge in [0.05, 0.1) is 12.5 Å². The number of benzene rings is 2. The van der Waals surface area contributed by atoms with Gasteiger partial charge in [-0.05, 0) is 42.7 Å². The highest BCUT2D eigenvalue weighted by Crippen LogP contribution is 2.49. The number of esters is 1. The Morgan fingerprint density at radius 3 is 2.26 bits per heavy atom. The average molecular weight is 368 g/mol. The first-order valence-electron chi connectivity index (χ1n) is 8.51. The smallest absolute Gasteiger partial charge is 0.325 e. The van der Waals surface area contributed by atoms with E-state index in [4.69, 9.17) is 9.47 Å². The second kappa shape index (κ2) is 7.90. The number of hydrogen-bond donors (Lipinski definition) is 2. The van der Waals surface area contributed by atoms with Gasteiger partial charge in [0.1, 0.15) is 5.75 Å². The van der Waals surface area contributed by atoms with Gasteiger partial charge in [0.25, 0.3) is 5.91 Å². The molecule has 0 aliphatic heterocycles. The average Bonchev–Trinajstić information content (AvgIpc) is 3.49. The maximum atomic E-state index is 12.4. The minimum atomic E-state index is -0.703.